The van der Waals surface area contributed by atoms with Gasteiger partial charge in [0.1, 0.15) is 0 Å². The van der Waals surface area contributed by atoms with Gasteiger partial charge in [0.25, 0.3) is 0 Å². The average molecular weight is 214 g/mol. The lowest BCUT2D eigenvalue weighted by Crippen LogP contribution is -2.44. The van der Waals surface area contributed by atoms with Crippen molar-refractivity contribution in [2.45, 2.75) is 51.1 Å². The molecule has 1 fully saturated rings. The predicted octanol–water partition coefficient (Wildman–Crippen LogP) is 0.799. The minimum atomic E-state index is 0.0634. The van der Waals surface area contributed by atoms with Gasteiger partial charge in [0, 0.05) is 25.1 Å². The van der Waals surface area contributed by atoms with E-state index in [2.05, 4.69) is 12.2 Å². The van der Waals surface area contributed by atoms with E-state index in [9.17, 15) is 4.79 Å². The lowest BCUT2D eigenvalue weighted by atomic mass is 10.2. The molecule has 0 aromatic rings. The Morgan fingerprint density at radius 3 is 2.87 bits per heavy atom. The highest BCUT2D eigenvalue weighted by molar-refractivity contribution is 5.76. The molecule has 0 aromatic carbocycles. The first kappa shape index (κ1) is 12.5. The summed E-state index contributed by atoms with van der Waals surface area (Å²) in [7, 11) is 0. The monoisotopic (exact) mass is 214 g/mol. The quantitative estimate of drug-likeness (QED) is 0.643. The Morgan fingerprint density at radius 1 is 1.47 bits per heavy atom. The number of nitrogens with two attached hydrogens (primary N) is 1. The van der Waals surface area contributed by atoms with Gasteiger partial charge in [-0.2, -0.15) is 0 Å². The van der Waals surface area contributed by atoms with Crippen LogP contribution in [-0.2, 0) is 9.53 Å². The van der Waals surface area contributed by atoms with Gasteiger partial charge in [-0.05, 0) is 25.7 Å². The molecule has 1 rings (SSSR count). The number of nitrogens with one attached hydrogen (secondary N) is 1. The van der Waals surface area contributed by atoms with Crippen LogP contribution in [0.2, 0.25) is 0 Å². The van der Waals surface area contributed by atoms with Crippen LogP contribution < -0.4 is 11.1 Å². The normalized spacial score (nSPS) is 25.5. The number of hydrogen-bond donors (Lipinski definition) is 2. The molecule has 2 atom stereocenters. The van der Waals surface area contributed by atoms with E-state index >= 15 is 0 Å². The molecule has 4 nitrogen and oxygen atoms in total. The van der Waals surface area contributed by atoms with E-state index in [4.69, 9.17) is 10.5 Å². The number of rotatable bonds is 6. The van der Waals surface area contributed by atoms with Crippen LogP contribution in [0.15, 0.2) is 0 Å². The van der Waals surface area contributed by atoms with Crippen molar-refractivity contribution in [3.63, 3.8) is 0 Å². The molecule has 1 amide bonds. The van der Waals surface area contributed by atoms with E-state index in [0.29, 0.717) is 13.0 Å². The summed E-state index contributed by atoms with van der Waals surface area (Å²) in [5.74, 6) is 0.0634. The lowest BCUT2D eigenvalue weighted by molar-refractivity contribution is -0.122. The third-order valence-electron chi connectivity index (χ3n) is 2.74. The van der Waals surface area contributed by atoms with E-state index in [0.717, 1.165) is 32.3 Å². The average Bonchev–Trinajstić information content (AvgIpc) is 2.59. The zero-order valence-electron chi connectivity index (χ0n) is 9.50. The molecule has 1 aliphatic rings. The number of amides is 1. The molecule has 1 aliphatic carbocycles. The van der Waals surface area contributed by atoms with Crippen LogP contribution in [0.5, 0.6) is 0 Å². The molecule has 0 heterocycles. The van der Waals surface area contributed by atoms with Crippen molar-refractivity contribution in [3.05, 3.63) is 0 Å². The van der Waals surface area contributed by atoms with Gasteiger partial charge in [0.05, 0.1) is 6.61 Å². The first-order chi connectivity index (χ1) is 7.24. The molecule has 0 saturated heterocycles. The molecule has 0 aromatic heterocycles. The van der Waals surface area contributed by atoms with Crippen molar-refractivity contribution in [1.82, 2.24) is 5.32 Å². The maximum atomic E-state index is 11.5. The Bertz CT molecular complexity index is 197. The predicted molar refractivity (Wildman–Crippen MR) is 59.5 cm³/mol. The third-order valence-corrected chi connectivity index (χ3v) is 2.74. The van der Waals surface area contributed by atoms with Gasteiger partial charge in [-0.3, -0.25) is 4.79 Å². The Labute approximate surface area is 91.5 Å². The van der Waals surface area contributed by atoms with Crippen LogP contribution in [0.25, 0.3) is 0 Å². The second-order valence-electron chi connectivity index (χ2n) is 4.13. The second kappa shape index (κ2) is 6.80. The Morgan fingerprint density at radius 2 is 2.27 bits per heavy atom. The Kier molecular flexibility index (Phi) is 5.65. The highest BCUT2D eigenvalue weighted by atomic mass is 16.5. The molecule has 2 unspecified atom stereocenters. The first-order valence-electron chi connectivity index (χ1n) is 5.86. The van der Waals surface area contributed by atoms with Crippen LogP contribution in [0.3, 0.4) is 0 Å². The molecular weight excluding hydrogens is 192 g/mol. The van der Waals surface area contributed by atoms with Crippen LogP contribution in [-0.4, -0.2) is 31.2 Å². The summed E-state index contributed by atoms with van der Waals surface area (Å²) < 4.78 is 5.25. The van der Waals surface area contributed by atoms with E-state index in [1.54, 1.807) is 0 Å². The summed E-state index contributed by atoms with van der Waals surface area (Å²) in [5.41, 5.74) is 5.86. The van der Waals surface area contributed by atoms with Crippen molar-refractivity contribution in [3.8, 4) is 0 Å². The molecule has 0 spiro atoms. The van der Waals surface area contributed by atoms with Gasteiger partial charge in [-0.15, -0.1) is 0 Å². The van der Waals surface area contributed by atoms with E-state index in [1.807, 2.05) is 0 Å². The fourth-order valence-electron chi connectivity index (χ4n) is 1.86. The maximum Gasteiger partial charge on any atom is 0.222 e. The molecular formula is C11H22N2O2. The van der Waals surface area contributed by atoms with Crippen LogP contribution in [0.1, 0.15) is 39.0 Å². The summed E-state index contributed by atoms with van der Waals surface area (Å²) >= 11 is 0. The fraction of sp³-hybridized carbons (Fsp3) is 0.909. The third kappa shape index (κ3) is 4.62. The molecule has 0 bridgehead atoms. The molecule has 3 N–H and O–H groups in total. The second-order valence-corrected chi connectivity index (χ2v) is 4.13. The summed E-state index contributed by atoms with van der Waals surface area (Å²) in [6.45, 7) is 3.30. The summed E-state index contributed by atoms with van der Waals surface area (Å²) in [6, 6.07) is 0.328. The summed E-state index contributed by atoms with van der Waals surface area (Å²) in [4.78, 5) is 11.5. The van der Waals surface area contributed by atoms with Crippen LogP contribution >= 0.6 is 0 Å². The van der Waals surface area contributed by atoms with Crippen molar-refractivity contribution in [2.75, 3.05) is 13.2 Å². The van der Waals surface area contributed by atoms with Gasteiger partial charge in [0.15, 0.2) is 0 Å². The molecule has 0 aliphatic heterocycles. The molecule has 4 heteroatoms. The smallest absolute Gasteiger partial charge is 0.222 e. The molecule has 15 heavy (non-hydrogen) atoms. The van der Waals surface area contributed by atoms with Crippen molar-refractivity contribution in [1.29, 1.82) is 0 Å². The van der Waals surface area contributed by atoms with Gasteiger partial charge >= 0.3 is 0 Å². The standard InChI is InChI=1S/C11H22N2O2/c1-2-7-15-8-6-11(14)13-10-5-3-4-9(10)12/h9-10H,2-8,12H2,1H3,(H,13,14). The highest BCUT2D eigenvalue weighted by Crippen LogP contribution is 2.16. The van der Waals surface area contributed by atoms with Crippen LogP contribution in [0, 0.1) is 0 Å². The minimum absolute atomic E-state index is 0.0634. The van der Waals surface area contributed by atoms with E-state index < -0.39 is 0 Å². The fourth-order valence-corrected chi connectivity index (χ4v) is 1.86. The Balaban J connectivity index is 2.07. The largest absolute Gasteiger partial charge is 0.381 e. The zero-order chi connectivity index (χ0) is 11.1. The molecule has 88 valence electrons. The number of carbonyl (C=O) groups excluding carboxylic acids is 1. The highest BCUT2D eigenvalue weighted by Gasteiger charge is 2.24. The van der Waals surface area contributed by atoms with E-state index in [-0.39, 0.29) is 18.0 Å². The van der Waals surface area contributed by atoms with Crippen molar-refractivity contribution >= 4 is 5.91 Å². The van der Waals surface area contributed by atoms with Gasteiger partial charge < -0.3 is 15.8 Å². The number of carbonyl (C=O) groups is 1. The Hall–Kier alpha value is -0.610. The van der Waals surface area contributed by atoms with Crippen molar-refractivity contribution in [2.24, 2.45) is 5.73 Å². The van der Waals surface area contributed by atoms with Gasteiger partial charge in [0.2, 0.25) is 5.91 Å². The molecule has 1 saturated carbocycles. The SMILES string of the molecule is CCCOCCC(=O)NC1CCCC1N. The topological polar surface area (TPSA) is 64.3 Å². The summed E-state index contributed by atoms with van der Waals surface area (Å²) in [5, 5.41) is 2.96. The molecule has 0 radical (unpaired) electrons. The maximum absolute atomic E-state index is 11.5. The van der Waals surface area contributed by atoms with Crippen LogP contribution in [0.4, 0.5) is 0 Å². The lowest BCUT2D eigenvalue weighted by Gasteiger charge is -2.17. The first-order valence-corrected chi connectivity index (χ1v) is 5.86. The van der Waals surface area contributed by atoms with E-state index in [1.165, 1.54) is 0 Å². The summed E-state index contributed by atoms with van der Waals surface area (Å²) in [6.07, 6.45) is 4.61. The zero-order valence-corrected chi connectivity index (χ0v) is 9.50. The van der Waals surface area contributed by atoms with Gasteiger partial charge in [-0.25, -0.2) is 0 Å². The van der Waals surface area contributed by atoms with Crippen molar-refractivity contribution < 1.29 is 9.53 Å². The number of ether oxygens (including phenoxy) is 1. The minimum Gasteiger partial charge on any atom is -0.381 e. The number of hydrogen-bond acceptors (Lipinski definition) is 3. The van der Waals surface area contributed by atoms with Gasteiger partial charge in [-0.1, -0.05) is 6.92 Å².